The number of piperidine rings is 1. The number of halogens is 1. The fourth-order valence-electron chi connectivity index (χ4n) is 6.37. The maximum Gasteiger partial charge on any atom is 0.337 e. The second-order valence-corrected chi connectivity index (χ2v) is 12.0. The van der Waals surface area contributed by atoms with Crippen LogP contribution in [0.5, 0.6) is 5.88 Å². The fraction of sp³-hybridized carbons (Fsp3) is 0.412. The number of hydrogen-bond acceptors (Lipinski definition) is 8. The normalized spacial score (nSPS) is 19.7. The van der Waals surface area contributed by atoms with E-state index < -0.39 is 11.4 Å². The number of aromatic nitrogens is 3. The Labute approximate surface area is 255 Å². The fourth-order valence-corrected chi connectivity index (χ4v) is 6.37. The Morgan fingerprint density at radius 3 is 2.61 bits per heavy atom. The summed E-state index contributed by atoms with van der Waals surface area (Å²) in [6.45, 7) is 3.98. The Morgan fingerprint density at radius 1 is 1.11 bits per heavy atom. The summed E-state index contributed by atoms with van der Waals surface area (Å²) >= 11 is 0. The number of methoxy groups -OCH3 is 1. The van der Waals surface area contributed by atoms with Crippen LogP contribution in [0.25, 0.3) is 11.0 Å². The summed E-state index contributed by atoms with van der Waals surface area (Å²) in [6, 6.07) is 17.9. The number of carbonyl (C=O) groups excluding carboxylic acids is 1. The van der Waals surface area contributed by atoms with E-state index in [1.165, 1.54) is 13.2 Å². The number of hydrogen-bond donors (Lipinski definition) is 0. The van der Waals surface area contributed by atoms with Gasteiger partial charge in [-0.15, -0.1) is 0 Å². The van der Waals surface area contributed by atoms with Crippen LogP contribution < -0.4 is 4.74 Å². The Kier molecular flexibility index (Phi) is 7.52. The quantitative estimate of drug-likeness (QED) is 0.235. The highest BCUT2D eigenvalue weighted by Gasteiger charge is 2.49. The van der Waals surface area contributed by atoms with Gasteiger partial charge < -0.3 is 18.8 Å². The van der Waals surface area contributed by atoms with Crippen LogP contribution in [0.1, 0.15) is 71.0 Å². The van der Waals surface area contributed by atoms with Crippen molar-refractivity contribution in [3.63, 3.8) is 0 Å². The zero-order valence-electron chi connectivity index (χ0n) is 24.7. The first-order valence-electron chi connectivity index (χ1n) is 15.2. The van der Waals surface area contributed by atoms with E-state index in [0.717, 1.165) is 61.5 Å². The Morgan fingerprint density at radius 2 is 1.93 bits per heavy atom. The lowest BCUT2D eigenvalue weighted by molar-refractivity contribution is -0.0592. The molecule has 2 aliphatic heterocycles. The molecule has 10 heteroatoms. The average Bonchev–Trinajstić information content (AvgIpc) is 3.72. The molecular formula is C34H34FN5O4. The van der Waals surface area contributed by atoms with Crippen molar-refractivity contribution in [3.8, 4) is 11.9 Å². The molecule has 0 N–H and O–H groups in total. The van der Waals surface area contributed by atoms with Crippen LogP contribution in [0.2, 0.25) is 0 Å². The van der Waals surface area contributed by atoms with Crippen LogP contribution in [-0.4, -0.2) is 58.3 Å². The van der Waals surface area contributed by atoms with Crippen molar-refractivity contribution < 1.29 is 23.4 Å². The molecule has 1 atom stereocenters. The number of fused-ring (bicyclic) bond motifs is 1. The molecule has 0 amide bonds. The predicted molar refractivity (Wildman–Crippen MR) is 160 cm³/mol. The average molecular weight is 596 g/mol. The van der Waals surface area contributed by atoms with E-state index in [1.54, 1.807) is 18.2 Å². The molecule has 1 saturated carbocycles. The minimum atomic E-state index is -0.722. The van der Waals surface area contributed by atoms with Gasteiger partial charge in [0.1, 0.15) is 17.2 Å². The third-order valence-corrected chi connectivity index (χ3v) is 9.14. The topological polar surface area (TPSA) is 102 Å². The molecule has 0 unspecified atom stereocenters. The molecule has 3 fully saturated rings. The van der Waals surface area contributed by atoms with Crippen molar-refractivity contribution in [2.45, 2.75) is 62.8 Å². The highest BCUT2D eigenvalue weighted by Crippen LogP contribution is 2.50. The largest absolute Gasteiger partial charge is 0.466 e. The summed E-state index contributed by atoms with van der Waals surface area (Å²) in [4.78, 5) is 24.4. The van der Waals surface area contributed by atoms with E-state index >= 15 is 0 Å². The molecule has 2 aromatic carbocycles. The molecule has 4 aromatic rings. The van der Waals surface area contributed by atoms with Gasteiger partial charge in [-0.25, -0.2) is 19.2 Å². The third kappa shape index (κ3) is 5.53. The minimum absolute atomic E-state index is 0.155. The van der Waals surface area contributed by atoms with Gasteiger partial charge >= 0.3 is 5.97 Å². The van der Waals surface area contributed by atoms with E-state index in [4.69, 9.17) is 29.4 Å². The standard InChI is InChI=1S/C34H34FN5O4/c1-42-33(41)24-6-8-29-30(18-24)40(20-25-11-16-43-25)31(37-29)21-39-14-9-23(10-15-39)28-3-2-4-32(38-28)44-34(12-13-34)26-7-5-22(19-36)17-27(26)35/h2-8,17-18,23,25H,9-16,20-21H2,1H3/t25-/m0/s1. The van der Waals surface area contributed by atoms with Crippen LogP contribution >= 0.6 is 0 Å². The monoisotopic (exact) mass is 595 g/mol. The van der Waals surface area contributed by atoms with Crippen LogP contribution in [0.15, 0.2) is 54.6 Å². The van der Waals surface area contributed by atoms with Gasteiger partial charge in [-0.3, -0.25) is 4.90 Å². The van der Waals surface area contributed by atoms with Crippen LogP contribution in [0.4, 0.5) is 4.39 Å². The summed E-state index contributed by atoms with van der Waals surface area (Å²) in [5, 5.41) is 9.09. The SMILES string of the molecule is COC(=O)c1ccc2nc(CN3CCC(c4cccc(OC5(c6ccc(C#N)cc6F)CC5)n4)CC3)n(C[C@@H]3CCO3)c2c1. The molecule has 44 heavy (non-hydrogen) atoms. The van der Waals surface area contributed by atoms with Gasteiger partial charge in [0.25, 0.3) is 0 Å². The molecule has 0 bridgehead atoms. The third-order valence-electron chi connectivity index (χ3n) is 9.14. The van der Waals surface area contributed by atoms with E-state index in [0.29, 0.717) is 54.4 Å². The highest BCUT2D eigenvalue weighted by atomic mass is 19.1. The van der Waals surface area contributed by atoms with Crippen molar-refractivity contribution in [1.29, 1.82) is 5.26 Å². The molecule has 226 valence electrons. The van der Waals surface area contributed by atoms with E-state index in [9.17, 15) is 9.18 Å². The first kappa shape index (κ1) is 28.4. The number of nitrogens with zero attached hydrogens (tertiary/aromatic N) is 5. The number of carbonyl (C=O) groups is 1. The van der Waals surface area contributed by atoms with E-state index in [1.807, 2.05) is 36.4 Å². The van der Waals surface area contributed by atoms with Crippen LogP contribution in [-0.2, 0) is 28.2 Å². The molecule has 2 saturated heterocycles. The Hall–Kier alpha value is -4.33. The molecule has 4 heterocycles. The van der Waals surface area contributed by atoms with Crippen LogP contribution in [0.3, 0.4) is 0 Å². The molecule has 7 rings (SSSR count). The minimum Gasteiger partial charge on any atom is -0.466 e. The second kappa shape index (κ2) is 11.6. The van der Waals surface area contributed by atoms with Gasteiger partial charge in [0.15, 0.2) is 0 Å². The van der Waals surface area contributed by atoms with Gasteiger partial charge in [-0.2, -0.15) is 5.26 Å². The summed E-state index contributed by atoms with van der Waals surface area (Å²) in [5.74, 6) is 0.989. The Balaban J connectivity index is 1.03. The number of rotatable bonds is 9. The van der Waals surface area contributed by atoms with Crippen LogP contribution in [0, 0.1) is 17.1 Å². The lowest BCUT2D eigenvalue weighted by Crippen LogP contribution is -2.35. The number of likely N-dealkylation sites (tertiary alicyclic amines) is 1. The molecule has 0 spiro atoms. The van der Waals surface area contributed by atoms with Gasteiger partial charge in [-0.1, -0.05) is 12.1 Å². The van der Waals surface area contributed by atoms with Gasteiger partial charge in [0.05, 0.1) is 54.5 Å². The van der Waals surface area contributed by atoms with Gasteiger partial charge in [-0.05, 0) is 81.6 Å². The molecule has 2 aromatic heterocycles. The van der Waals surface area contributed by atoms with Crippen molar-refractivity contribution in [1.82, 2.24) is 19.4 Å². The number of benzene rings is 2. The van der Waals surface area contributed by atoms with Crippen molar-refractivity contribution in [3.05, 3.63) is 88.6 Å². The number of nitriles is 1. The van der Waals surface area contributed by atoms with E-state index in [-0.39, 0.29) is 12.1 Å². The zero-order chi connectivity index (χ0) is 30.3. The summed E-state index contributed by atoms with van der Waals surface area (Å²) in [7, 11) is 1.39. The second-order valence-electron chi connectivity index (χ2n) is 12.0. The lowest BCUT2D eigenvalue weighted by atomic mass is 9.93. The smallest absolute Gasteiger partial charge is 0.337 e. The summed E-state index contributed by atoms with van der Waals surface area (Å²) < 4.78 is 34.0. The number of esters is 1. The summed E-state index contributed by atoms with van der Waals surface area (Å²) in [5.41, 5.74) is 3.33. The highest BCUT2D eigenvalue weighted by molar-refractivity contribution is 5.93. The van der Waals surface area contributed by atoms with Crippen molar-refractivity contribution in [2.24, 2.45) is 0 Å². The summed E-state index contributed by atoms with van der Waals surface area (Å²) in [6.07, 6.45) is 4.49. The maximum atomic E-state index is 14.8. The molecule has 9 nitrogen and oxygen atoms in total. The zero-order valence-corrected chi connectivity index (χ0v) is 24.7. The molecule has 3 aliphatic rings. The first-order valence-corrected chi connectivity index (χ1v) is 15.2. The first-order chi connectivity index (χ1) is 21.4. The molecule has 1 aliphatic carbocycles. The number of pyridine rings is 1. The predicted octanol–water partition coefficient (Wildman–Crippen LogP) is 5.47. The Bertz CT molecular complexity index is 1750. The number of imidazole rings is 1. The molecular weight excluding hydrogens is 561 g/mol. The van der Waals surface area contributed by atoms with Crippen molar-refractivity contribution >= 4 is 17.0 Å². The maximum absolute atomic E-state index is 14.8. The lowest BCUT2D eigenvalue weighted by Gasteiger charge is -2.32. The number of ether oxygens (including phenoxy) is 3. The van der Waals surface area contributed by atoms with E-state index in [2.05, 4.69) is 9.47 Å². The molecule has 0 radical (unpaired) electrons. The van der Waals surface area contributed by atoms with Gasteiger partial charge in [0.2, 0.25) is 5.88 Å². The van der Waals surface area contributed by atoms with Gasteiger partial charge in [0, 0.05) is 29.8 Å². The van der Waals surface area contributed by atoms with Crippen molar-refractivity contribution in [2.75, 3.05) is 26.8 Å².